The molecule has 0 amide bonds. The molecule has 0 radical (unpaired) electrons. The Kier molecular flexibility index (Phi) is 3.17. The van der Waals surface area contributed by atoms with E-state index in [2.05, 4.69) is 0 Å². The van der Waals surface area contributed by atoms with Gasteiger partial charge in [-0.25, -0.2) is 9.59 Å². The highest BCUT2D eigenvalue weighted by Gasteiger charge is 2.29. The molecule has 86 valence electrons. The van der Waals surface area contributed by atoms with Gasteiger partial charge in [-0.15, -0.1) is 0 Å². The van der Waals surface area contributed by atoms with Gasteiger partial charge < -0.3 is 14.9 Å². The lowest BCUT2D eigenvalue weighted by atomic mass is 10.1. The van der Waals surface area contributed by atoms with Gasteiger partial charge >= 0.3 is 11.9 Å². The molecular weight excluding hydrogens is 212 g/mol. The van der Waals surface area contributed by atoms with Crippen LogP contribution in [0.5, 0.6) is 5.75 Å². The maximum absolute atomic E-state index is 10.8. The first-order valence-corrected chi connectivity index (χ1v) is 4.59. The summed E-state index contributed by atoms with van der Waals surface area (Å²) >= 11 is 0. The minimum atomic E-state index is -1.34. The highest BCUT2D eigenvalue weighted by molar-refractivity contribution is 5.87. The molecule has 0 saturated heterocycles. The van der Waals surface area contributed by atoms with Crippen molar-refractivity contribution in [3.63, 3.8) is 0 Å². The van der Waals surface area contributed by atoms with Gasteiger partial charge in [0, 0.05) is 0 Å². The van der Waals surface area contributed by atoms with Gasteiger partial charge in [0.05, 0.1) is 5.56 Å². The third kappa shape index (κ3) is 2.73. The van der Waals surface area contributed by atoms with Gasteiger partial charge in [0.1, 0.15) is 5.75 Å². The Morgan fingerprint density at radius 3 is 2.00 bits per heavy atom. The Bertz CT molecular complexity index is 405. The largest absolute Gasteiger partial charge is 0.478 e. The fourth-order valence-corrected chi connectivity index (χ4v) is 1.00. The van der Waals surface area contributed by atoms with Crippen molar-refractivity contribution >= 4 is 11.9 Å². The molecule has 0 aliphatic carbocycles. The van der Waals surface area contributed by atoms with Gasteiger partial charge in [-0.3, -0.25) is 0 Å². The van der Waals surface area contributed by atoms with Crippen LogP contribution in [0.4, 0.5) is 0 Å². The zero-order valence-electron chi connectivity index (χ0n) is 8.93. The number of aromatic carboxylic acids is 1. The molecule has 0 spiro atoms. The first kappa shape index (κ1) is 12.0. The van der Waals surface area contributed by atoms with Gasteiger partial charge in [-0.1, -0.05) is 0 Å². The molecule has 5 nitrogen and oxygen atoms in total. The third-order valence-electron chi connectivity index (χ3n) is 1.99. The third-order valence-corrected chi connectivity index (χ3v) is 1.99. The minimum absolute atomic E-state index is 0.125. The second-order valence-corrected chi connectivity index (χ2v) is 3.75. The molecule has 0 atom stereocenters. The maximum Gasteiger partial charge on any atom is 0.347 e. The van der Waals surface area contributed by atoms with Crippen LogP contribution in [0.25, 0.3) is 0 Å². The van der Waals surface area contributed by atoms with E-state index in [9.17, 15) is 9.59 Å². The summed E-state index contributed by atoms with van der Waals surface area (Å²) < 4.78 is 5.21. The van der Waals surface area contributed by atoms with E-state index in [0.29, 0.717) is 5.75 Å². The van der Waals surface area contributed by atoms with Crippen LogP contribution in [-0.4, -0.2) is 27.8 Å². The van der Waals surface area contributed by atoms with E-state index in [-0.39, 0.29) is 5.56 Å². The summed E-state index contributed by atoms with van der Waals surface area (Å²) in [5.41, 5.74) is -1.22. The molecular formula is C11H12O5. The summed E-state index contributed by atoms with van der Waals surface area (Å²) in [5.74, 6) is -1.81. The second-order valence-electron chi connectivity index (χ2n) is 3.75. The van der Waals surface area contributed by atoms with Crippen LogP contribution in [-0.2, 0) is 4.79 Å². The van der Waals surface area contributed by atoms with Gasteiger partial charge in [0.15, 0.2) is 5.60 Å². The Morgan fingerprint density at radius 2 is 1.62 bits per heavy atom. The summed E-state index contributed by atoms with van der Waals surface area (Å²) in [6.07, 6.45) is 0. The lowest BCUT2D eigenvalue weighted by Gasteiger charge is -2.21. The van der Waals surface area contributed by atoms with E-state index in [1.807, 2.05) is 0 Å². The number of hydrogen-bond donors (Lipinski definition) is 2. The van der Waals surface area contributed by atoms with Crippen molar-refractivity contribution in [3.8, 4) is 5.75 Å². The van der Waals surface area contributed by atoms with Crippen LogP contribution in [0.3, 0.4) is 0 Å². The van der Waals surface area contributed by atoms with Crippen molar-refractivity contribution in [2.24, 2.45) is 0 Å². The van der Waals surface area contributed by atoms with E-state index in [4.69, 9.17) is 14.9 Å². The topological polar surface area (TPSA) is 83.8 Å². The number of carboxylic acids is 2. The molecule has 0 heterocycles. The zero-order chi connectivity index (χ0) is 12.3. The van der Waals surface area contributed by atoms with Gasteiger partial charge in [0.2, 0.25) is 0 Å². The molecule has 0 saturated carbocycles. The molecule has 0 aliphatic heterocycles. The normalized spacial score (nSPS) is 10.9. The molecule has 1 rings (SSSR count). The van der Waals surface area contributed by atoms with Crippen LogP contribution in [0.1, 0.15) is 24.2 Å². The smallest absolute Gasteiger partial charge is 0.347 e. The van der Waals surface area contributed by atoms with Crippen LogP contribution in [0.2, 0.25) is 0 Å². The first-order valence-electron chi connectivity index (χ1n) is 4.59. The van der Waals surface area contributed by atoms with Gasteiger partial charge in [-0.05, 0) is 38.1 Å². The number of carbonyl (C=O) groups is 2. The molecule has 1 aromatic rings. The van der Waals surface area contributed by atoms with Crippen LogP contribution < -0.4 is 4.74 Å². The second kappa shape index (κ2) is 4.22. The summed E-state index contributed by atoms with van der Waals surface area (Å²) in [6, 6.07) is 5.56. The van der Waals surface area contributed by atoms with E-state index in [0.717, 1.165) is 0 Å². The molecule has 0 aromatic heterocycles. The molecule has 5 heteroatoms. The molecule has 1 aromatic carbocycles. The fourth-order valence-electron chi connectivity index (χ4n) is 1.00. The van der Waals surface area contributed by atoms with Crippen molar-refractivity contribution in [2.75, 3.05) is 0 Å². The SMILES string of the molecule is CC(C)(Oc1ccc(C(=O)O)cc1)C(=O)O. The molecule has 2 N–H and O–H groups in total. The van der Waals surface area contributed by atoms with Crippen molar-refractivity contribution in [1.82, 2.24) is 0 Å². The van der Waals surface area contributed by atoms with E-state index in [1.165, 1.54) is 38.1 Å². The van der Waals surface area contributed by atoms with E-state index >= 15 is 0 Å². The number of aliphatic carboxylic acids is 1. The Labute approximate surface area is 92.3 Å². The van der Waals surface area contributed by atoms with E-state index in [1.54, 1.807) is 0 Å². The van der Waals surface area contributed by atoms with Gasteiger partial charge in [-0.2, -0.15) is 0 Å². The Morgan fingerprint density at radius 1 is 1.12 bits per heavy atom. The average molecular weight is 224 g/mol. The summed E-state index contributed by atoms with van der Waals surface area (Å²) in [7, 11) is 0. The minimum Gasteiger partial charge on any atom is -0.478 e. The molecule has 0 unspecified atom stereocenters. The molecule has 16 heavy (non-hydrogen) atoms. The number of benzene rings is 1. The highest BCUT2D eigenvalue weighted by Crippen LogP contribution is 2.19. The molecule has 0 bridgehead atoms. The lowest BCUT2D eigenvalue weighted by Crippen LogP contribution is -2.37. The predicted molar refractivity (Wildman–Crippen MR) is 55.7 cm³/mol. The van der Waals surface area contributed by atoms with Crippen molar-refractivity contribution < 1.29 is 24.5 Å². The summed E-state index contributed by atoms with van der Waals surface area (Å²) in [4.78, 5) is 21.4. The van der Waals surface area contributed by atoms with Crippen LogP contribution in [0, 0.1) is 0 Å². The number of ether oxygens (including phenoxy) is 1. The fraction of sp³-hybridized carbons (Fsp3) is 0.273. The van der Waals surface area contributed by atoms with Crippen molar-refractivity contribution in [1.29, 1.82) is 0 Å². The maximum atomic E-state index is 10.8. The predicted octanol–water partition coefficient (Wildman–Crippen LogP) is 1.63. The summed E-state index contributed by atoms with van der Waals surface area (Å²) in [5, 5.41) is 17.5. The van der Waals surface area contributed by atoms with Crippen LogP contribution in [0.15, 0.2) is 24.3 Å². The van der Waals surface area contributed by atoms with Crippen molar-refractivity contribution in [3.05, 3.63) is 29.8 Å². The number of hydrogen-bond acceptors (Lipinski definition) is 3. The van der Waals surface area contributed by atoms with E-state index < -0.39 is 17.5 Å². The van der Waals surface area contributed by atoms with Crippen molar-refractivity contribution in [2.45, 2.75) is 19.4 Å². The Hall–Kier alpha value is -2.04. The monoisotopic (exact) mass is 224 g/mol. The molecule has 0 aliphatic rings. The number of rotatable bonds is 4. The van der Waals surface area contributed by atoms with Gasteiger partial charge in [0.25, 0.3) is 0 Å². The first-order chi connectivity index (χ1) is 7.33. The zero-order valence-corrected chi connectivity index (χ0v) is 8.93. The quantitative estimate of drug-likeness (QED) is 0.811. The molecule has 0 fully saturated rings. The number of carboxylic acid groups (broad SMARTS) is 2. The average Bonchev–Trinajstić information content (AvgIpc) is 2.17. The highest BCUT2D eigenvalue weighted by atomic mass is 16.5. The summed E-state index contributed by atoms with van der Waals surface area (Å²) in [6.45, 7) is 2.83. The standard InChI is InChI=1S/C11H12O5/c1-11(2,10(14)15)16-8-5-3-7(4-6-8)9(12)13/h3-6H,1-2H3,(H,12,13)(H,14,15). The lowest BCUT2D eigenvalue weighted by molar-refractivity contribution is -0.152. The Balaban J connectivity index is 2.84. The van der Waals surface area contributed by atoms with Crippen LogP contribution >= 0.6 is 0 Å².